The fraction of sp³-hybridized carbons (Fsp3) is 0.312. The monoisotopic (exact) mass is 316 g/mol. The van der Waals surface area contributed by atoms with Crippen molar-refractivity contribution in [1.29, 1.82) is 0 Å². The van der Waals surface area contributed by atoms with Gasteiger partial charge in [-0.2, -0.15) is 9.61 Å². The van der Waals surface area contributed by atoms with Crippen molar-refractivity contribution in [3.8, 4) is 0 Å². The first-order valence-electron chi connectivity index (χ1n) is 7.20. The third-order valence-corrected chi connectivity index (χ3v) is 4.09. The van der Waals surface area contributed by atoms with E-state index in [2.05, 4.69) is 21.6 Å². The Bertz CT molecular complexity index is 893. The van der Waals surface area contributed by atoms with Crippen LogP contribution in [0.1, 0.15) is 29.4 Å². The van der Waals surface area contributed by atoms with E-state index in [9.17, 15) is 4.79 Å². The molecule has 0 saturated heterocycles. The van der Waals surface area contributed by atoms with Crippen molar-refractivity contribution in [2.24, 2.45) is 0 Å². The van der Waals surface area contributed by atoms with Crippen molar-refractivity contribution < 1.29 is 0 Å². The Morgan fingerprint density at radius 3 is 2.68 bits per heavy atom. The number of pyridine rings is 1. The van der Waals surface area contributed by atoms with Gasteiger partial charge >= 0.3 is 0 Å². The average Bonchev–Trinajstić information content (AvgIpc) is 2.82. The molecule has 3 rings (SSSR count). The second kappa shape index (κ2) is 5.57. The van der Waals surface area contributed by atoms with Crippen LogP contribution in [0.3, 0.4) is 0 Å². The summed E-state index contributed by atoms with van der Waals surface area (Å²) in [4.78, 5) is 16.3. The number of fused-ring (bicyclic) bond motifs is 1. The Kier molecular flexibility index (Phi) is 3.74. The minimum absolute atomic E-state index is 0.0965. The molecule has 0 aliphatic carbocycles. The highest BCUT2D eigenvalue weighted by atomic mass is 35.5. The molecule has 0 N–H and O–H groups in total. The maximum atomic E-state index is 12.2. The maximum Gasteiger partial charge on any atom is 0.274 e. The van der Waals surface area contributed by atoms with Crippen LogP contribution in [0.5, 0.6) is 0 Å². The molecule has 5 nitrogen and oxygen atoms in total. The molecule has 22 heavy (non-hydrogen) atoms. The van der Waals surface area contributed by atoms with Gasteiger partial charge in [-0.1, -0.05) is 24.6 Å². The number of aryl methyl sites for hydroxylation is 3. The Morgan fingerprint density at radius 2 is 2.05 bits per heavy atom. The van der Waals surface area contributed by atoms with Gasteiger partial charge in [0.1, 0.15) is 10.8 Å². The van der Waals surface area contributed by atoms with E-state index in [4.69, 9.17) is 11.6 Å². The highest BCUT2D eigenvalue weighted by Gasteiger charge is 2.15. The molecule has 114 valence electrons. The molecule has 0 aliphatic heterocycles. The fourth-order valence-corrected chi connectivity index (χ4v) is 2.87. The lowest BCUT2D eigenvalue weighted by atomic mass is 10.2. The summed E-state index contributed by atoms with van der Waals surface area (Å²) in [5.74, 6) is 0. The van der Waals surface area contributed by atoms with Gasteiger partial charge in [0.15, 0.2) is 0 Å². The number of aromatic nitrogens is 4. The fourth-order valence-electron chi connectivity index (χ4n) is 2.76. The van der Waals surface area contributed by atoms with E-state index in [1.807, 2.05) is 19.9 Å². The lowest BCUT2D eigenvalue weighted by Gasteiger charge is -2.14. The van der Waals surface area contributed by atoms with Crippen LogP contribution in [0.15, 0.2) is 29.2 Å². The van der Waals surface area contributed by atoms with Crippen molar-refractivity contribution in [3.63, 3.8) is 0 Å². The van der Waals surface area contributed by atoms with Gasteiger partial charge in [0.05, 0.1) is 12.2 Å². The Labute approximate surface area is 133 Å². The summed E-state index contributed by atoms with van der Waals surface area (Å²) >= 11 is 5.84. The first-order chi connectivity index (χ1) is 10.5. The first-order valence-corrected chi connectivity index (χ1v) is 7.58. The van der Waals surface area contributed by atoms with E-state index in [0.717, 1.165) is 34.6 Å². The Balaban J connectivity index is 2.23. The molecule has 0 bridgehead atoms. The van der Waals surface area contributed by atoms with Gasteiger partial charge in [0.2, 0.25) is 0 Å². The molecule has 3 heterocycles. The topological polar surface area (TPSA) is 52.2 Å². The average molecular weight is 317 g/mol. The van der Waals surface area contributed by atoms with E-state index < -0.39 is 0 Å². The zero-order valence-corrected chi connectivity index (χ0v) is 13.6. The highest BCUT2D eigenvalue weighted by molar-refractivity contribution is 6.29. The second-order valence-corrected chi connectivity index (χ2v) is 5.74. The molecule has 0 saturated carbocycles. The van der Waals surface area contributed by atoms with E-state index in [-0.39, 0.29) is 5.56 Å². The van der Waals surface area contributed by atoms with Crippen LogP contribution in [0.25, 0.3) is 5.65 Å². The Morgan fingerprint density at radius 1 is 1.27 bits per heavy atom. The zero-order chi connectivity index (χ0) is 15.9. The third-order valence-electron chi connectivity index (χ3n) is 3.86. The van der Waals surface area contributed by atoms with Crippen LogP contribution < -0.4 is 5.56 Å². The van der Waals surface area contributed by atoms with Crippen LogP contribution >= 0.6 is 11.6 Å². The van der Waals surface area contributed by atoms with Crippen molar-refractivity contribution in [1.82, 2.24) is 19.2 Å². The van der Waals surface area contributed by atoms with E-state index in [1.54, 1.807) is 18.3 Å². The van der Waals surface area contributed by atoms with Crippen LogP contribution in [-0.2, 0) is 13.0 Å². The molecule has 0 radical (unpaired) electrons. The lowest BCUT2D eigenvalue weighted by molar-refractivity contribution is 0.732. The SMILES string of the molecule is CCc1c(C)nn2c(=O)cc(C)n(Cc3ccc(Cl)nc3)c12. The first kappa shape index (κ1) is 14.8. The number of halogens is 1. The van der Waals surface area contributed by atoms with Gasteiger partial charge in [-0.25, -0.2) is 4.98 Å². The van der Waals surface area contributed by atoms with Crippen molar-refractivity contribution in [2.45, 2.75) is 33.7 Å². The van der Waals surface area contributed by atoms with E-state index in [1.165, 1.54) is 4.52 Å². The number of hydrogen-bond acceptors (Lipinski definition) is 3. The van der Waals surface area contributed by atoms with E-state index in [0.29, 0.717) is 11.7 Å². The number of nitrogens with zero attached hydrogens (tertiary/aromatic N) is 4. The lowest BCUT2D eigenvalue weighted by Crippen LogP contribution is -2.20. The maximum absolute atomic E-state index is 12.2. The molecule has 0 fully saturated rings. The predicted molar refractivity (Wildman–Crippen MR) is 86.7 cm³/mol. The minimum Gasteiger partial charge on any atom is -0.325 e. The summed E-state index contributed by atoms with van der Waals surface area (Å²) in [7, 11) is 0. The molecule has 0 unspecified atom stereocenters. The molecule has 0 aromatic carbocycles. The van der Waals surface area contributed by atoms with Gasteiger partial charge in [-0.3, -0.25) is 4.79 Å². The zero-order valence-electron chi connectivity index (χ0n) is 12.8. The highest BCUT2D eigenvalue weighted by Crippen LogP contribution is 2.18. The molecular formula is C16H17ClN4O. The normalized spacial score (nSPS) is 11.3. The molecule has 3 aromatic rings. The largest absolute Gasteiger partial charge is 0.325 e. The summed E-state index contributed by atoms with van der Waals surface area (Å²) < 4.78 is 3.59. The third kappa shape index (κ3) is 2.41. The van der Waals surface area contributed by atoms with Gasteiger partial charge in [-0.15, -0.1) is 0 Å². The summed E-state index contributed by atoms with van der Waals surface area (Å²) in [5.41, 5.74) is 4.69. The van der Waals surface area contributed by atoms with Crippen molar-refractivity contribution in [2.75, 3.05) is 0 Å². The van der Waals surface area contributed by atoms with Gasteiger partial charge < -0.3 is 4.57 Å². The molecule has 0 atom stereocenters. The van der Waals surface area contributed by atoms with Crippen LogP contribution in [0.2, 0.25) is 5.15 Å². The minimum atomic E-state index is -0.0965. The molecule has 0 spiro atoms. The van der Waals surface area contributed by atoms with Crippen LogP contribution in [0, 0.1) is 13.8 Å². The van der Waals surface area contributed by atoms with Crippen molar-refractivity contribution >= 4 is 17.2 Å². The molecule has 0 amide bonds. The van der Waals surface area contributed by atoms with Crippen molar-refractivity contribution in [3.05, 3.63) is 62.4 Å². The van der Waals surface area contributed by atoms with Gasteiger partial charge in [0, 0.05) is 23.5 Å². The van der Waals surface area contributed by atoms with E-state index >= 15 is 0 Å². The predicted octanol–water partition coefficient (Wildman–Crippen LogP) is 2.77. The Hall–Kier alpha value is -2.14. The smallest absolute Gasteiger partial charge is 0.274 e. The summed E-state index contributed by atoms with van der Waals surface area (Å²) in [5, 5.41) is 4.86. The second-order valence-electron chi connectivity index (χ2n) is 5.35. The number of hydrogen-bond donors (Lipinski definition) is 0. The molecule has 6 heteroatoms. The molecule has 0 aliphatic rings. The molecular weight excluding hydrogens is 300 g/mol. The van der Waals surface area contributed by atoms with Crippen LogP contribution in [-0.4, -0.2) is 19.2 Å². The van der Waals surface area contributed by atoms with Crippen LogP contribution in [0.4, 0.5) is 0 Å². The summed E-state index contributed by atoms with van der Waals surface area (Å²) in [6.07, 6.45) is 2.59. The standard InChI is InChI=1S/C16H17ClN4O/c1-4-13-11(3)19-21-15(22)7-10(2)20(16(13)21)9-12-5-6-14(17)18-8-12/h5-8H,4,9H2,1-3H3. The number of rotatable bonds is 3. The molecule has 3 aromatic heterocycles. The quantitative estimate of drug-likeness (QED) is 0.698. The van der Waals surface area contributed by atoms with Gasteiger partial charge in [-0.05, 0) is 31.9 Å². The summed E-state index contributed by atoms with van der Waals surface area (Å²) in [6, 6.07) is 5.33. The summed E-state index contributed by atoms with van der Waals surface area (Å²) in [6.45, 7) is 6.57. The van der Waals surface area contributed by atoms with Gasteiger partial charge in [0.25, 0.3) is 5.56 Å².